The Kier molecular flexibility index (Phi) is 5.88. The SMILES string of the molecule is O=C(c1ccccc1)N1CCC(NCc2cnn(-c3ccc(Br)cc3)c2)CC1. The molecule has 0 spiro atoms. The summed E-state index contributed by atoms with van der Waals surface area (Å²) in [4.78, 5) is 14.5. The number of hydrogen-bond donors (Lipinski definition) is 1. The van der Waals surface area contributed by atoms with Crippen molar-refractivity contribution < 1.29 is 4.79 Å². The Hall–Kier alpha value is -2.44. The average Bonchev–Trinajstić information content (AvgIpc) is 3.22. The zero-order valence-corrected chi connectivity index (χ0v) is 17.2. The third kappa shape index (κ3) is 4.51. The van der Waals surface area contributed by atoms with E-state index in [0.717, 1.165) is 53.8 Å². The van der Waals surface area contributed by atoms with E-state index < -0.39 is 0 Å². The van der Waals surface area contributed by atoms with Gasteiger partial charge in [0.1, 0.15) is 0 Å². The quantitative estimate of drug-likeness (QED) is 0.653. The average molecular weight is 439 g/mol. The van der Waals surface area contributed by atoms with E-state index in [0.29, 0.717) is 6.04 Å². The van der Waals surface area contributed by atoms with Gasteiger partial charge in [0, 0.05) is 47.5 Å². The molecule has 5 nitrogen and oxygen atoms in total. The Bertz CT molecular complexity index is 915. The number of piperidine rings is 1. The van der Waals surface area contributed by atoms with Crippen LogP contribution in [0.1, 0.15) is 28.8 Å². The predicted molar refractivity (Wildman–Crippen MR) is 113 cm³/mol. The lowest BCUT2D eigenvalue weighted by molar-refractivity contribution is 0.0704. The highest BCUT2D eigenvalue weighted by atomic mass is 79.9. The van der Waals surface area contributed by atoms with Crippen LogP contribution in [0.15, 0.2) is 71.5 Å². The largest absolute Gasteiger partial charge is 0.339 e. The number of benzene rings is 2. The van der Waals surface area contributed by atoms with Crippen molar-refractivity contribution >= 4 is 21.8 Å². The first kappa shape index (κ1) is 18.9. The van der Waals surface area contributed by atoms with Crippen molar-refractivity contribution in [3.8, 4) is 5.69 Å². The van der Waals surface area contributed by atoms with E-state index in [1.54, 1.807) is 0 Å². The normalized spacial score (nSPS) is 15.0. The molecule has 1 amide bonds. The van der Waals surface area contributed by atoms with Crippen molar-refractivity contribution in [2.75, 3.05) is 13.1 Å². The van der Waals surface area contributed by atoms with Crippen molar-refractivity contribution in [3.05, 3.63) is 82.6 Å². The number of rotatable bonds is 5. The summed E-state index contributed by atoms with van der Waals surface area (Å²) in [7, 11) is 0. The molecule has 2 aromatic carbocycles. The summed E-state index contributed by atoms with van der Waals surface area (Å²) in [6, 6.07) is 18.1. The van der Waals surface area contributed by atoms with E-state index >= 15 is 0 Å². The van der Waals surface area contributed by atoms with Gasteiger partial charge in [0.05, 0.1) is 11.9 Å². The summed E-state index contributed by atoms with van der Waals surface area (Å²) < 4.78 is 2.95. The third-order valence-corrected chi connectivity index (χ3v) is 5.65. The van der Waals surface area contributed by atoms with Gasteiger partial charge in [-0.05, 0) is 49.2 Å². The van der Waals surface area contributed by atoms with E-state index in [1.165, 1.54) is 0 Å². The number of nitrogens with zero attached hydrogens (tertiary/aromatic N) is 3. The molecule has 0 aliphatic carbocycles. The standard InChI is InChI=1S/C22H23BrN4O/c23-19-6-8-21(9-7-19)27-16-17(15-25-27)14-24-20-10-12-26(13-11-20)22(28)18-4-2-1-3-5-18/h1-9,15-16,20,24H,10-14H2. The Morgan fingerprint density at radius 2 is 1.79 bits per heavy atom. The van der Waals surface area contributed by atoms with Crippen molar-refractivity contribution in [1.82, 2.24) is 20.0 Å². The topological polar surface area (TPSA) is 50.2 Å². The summed E-state index contributed by atoms with van der Waals surface area (Å²) in [5.74, 6) is 0.134. The fraction of sp³-hybridized carbons (Fsp3) is 0.273. The van der Waals surface area contributed by atoms with Crippen LogP contribution in [-0.4, -0.2) is 39.7 Å². The van der Waals surface area contributed by atoms with Gasteiger partial charge in [0.25, 0.3) is 5.91 Å². The van der Waals surface area contributed by atoms with Gasteiger partial charge >= 0.3 is 0 Å². The summed E-state index contributed by atoms with van der Waals surface area (Å²) in [5.41, 5.74) is 2.97. The van der Waals surface area contributed by atoms with Crippen LogP contribution in [0.4, 0.5) is 0 Å². The second-order valence-corrected chi connectivity index (χ2v) is 8.00. The molecule has 1 aliphatic rings. The Morgan fingerprint density at radius 1 is 1.07 bits per heavy atom. The molecule has 4 rings (SSSR count). The summed E-state index contributed by atoms with van der Waals surface area (Å²) in [6.07, 6.45) is 5.91. The van der Waals surface area contributed by atoms with Crippen molar-refractivity contribution in [3.63, 3.8) is 0 Å². The van der Waals surface area contributed by atoms with Gasteiger partial charge in [-0.3, -0.25) is 4.79 Å². The molecule has 1 aliphatic heterocycles. The number of likely N-dealkylation sites (tertiary alicyclic amines) is 1. The maximum atomic E-state index is 12.5. The molecule has 144 valence electrons. The number of aromatic nitrogens is 2. The van der Waals surface area contributed by atoms with Crippen molar-refractivity contribution in [2.45, 2.75) is 25.4 Å². The summed E-state index contributed by atoms with van der Waals surface area (Å²) in [5, 5.41) is 8.07. The number of halogens is 1. The molecule has 0 radical (unpaired) electrons. The first-order valence-electron chi connectivity index (χ1n) is 9.56. The molecule has 2 heterocycles. The number of carbonyl (C=O) groups excluding carboxylic acids is 1. The number of carbonyl (C=O) groups is 1. The predicted octanol–water partition coefficient (Wildman–Crippen LogP) is 4.03. The third-order valence-electron chi connectivity index (χ3n) is 5.13. The van der Waals surface area contributed by atoms with Gasteiger partial charge in [-0.25, -0.2) is 4.68 Å². The zero-order chi connectivity index (χ0) is 19.3. The lowest BCUT2D eigenvalue weighted by Crippen LogP contribution is -2.44. The lowest BCUT2D eigenvalue weighted by atomic mass is 10.0. The minimum Gasteiger partial charge on any atom is -0.339 e. The van der Waals surface area contributed by atoms with Gasteiger partial charge < -0.3 is 10.2 Å². The van der Waals surface area contributed by atoms with E-state index in [2.05, 4.69) is 32.5 Å². The lowest BCUT2D eigenvalue weighted by Gasteiger charge is -2.32. The molecule has 3 aromatic rings. The second-order valence-electron chi connectivity index (χ2n) is 7.08. The molecule has 28 heavy (non-hydrogen) atoms. The van der Waals surface area contributed by atoms with Crippen LogP contribution in [0.3, 0.4) is 0 Å². The van der Waals surface area contributed by atoms with E-state index in [9.17, 15) is 4.79 Å². The van der Waals surface area contributed by atoms with Crippen LogP contribution in [0.25, 0.3) is 5.69 Å². The fourth-order valence-corrected chi connectivity index (χ4v) is 3.76. The van der Waals surface area contributed by atoms with Crippen molar-refractivity contribution in [2.24, 2.45) is 0 Å². The molecule has 0 unspecified atom stereocenters. The molecule has 0 saturated carbocycles. The molecule has 0 bridgehead atoms. The van der Waals surface area contributed by atoms with Gasteiger partial charge in [0.2, 0.25) is 0 Å². The molecule has 1 aromatic heterocycles. The molecular weight excluding hydrogens is 416 g/mol. The smallest absolute Gasteiger partial charge is 0.253 e. The number of amides is 1. The van der Waals surface area contributed by atoms with Crippen LogP contribution < -0.4 is 5.32 Å². The van der Waals surface area contributed by atoms with Gasteiger partial charge in [-0.2, -0.15) is 5.10 Å². The van der Waals surface area contributed by atoms with E-state index in [-0.39, 0.29) is 5.91 Å². The van der Waals surface area contributed by atoms with E-state index in [1.807, 2.05) is 70.4 Å². The monoisotopic (exact) mass is 438 g/mol. The Balaban J connectivity index is 1.27. The first-order chi connectivity index (χ1) is 13.7. The van der Waals surface area contributed by atoms with Crippen LogP contribution in [-0.2, 0) is 6.54 Å². The molecule has 1 saturated heterocycles. The van der Waals surface area contributed by atoms with Crippen LogP contribution in [0.5, 0.6) is 0 Å². The second kappa shape index (κ2) is 8.71. The minimum absolute atomic E-state index is 0.134. The minimum atomic E-state index is 0.134. The van der Waals surface area contributed by atoms with Gasteiger partial charge in [-0.15, -0.1) is 0 Å². The Morgan fingerprint density at radius 3 is 2.50 bits per heavy atom. The molecular formula is C22H23BrN4O. The van der Waals surface area contributed by atoms with Crippen molar-refractivity contribution in [1.29, 1.82) is 0 Å². The van der Waals surface area contributed by atoms with Crippen LogP contribution >= 0.6 is 15.9 Å². The highest BCUT2D eigenvalue weighted by Gasteiger charge is 2.23. The summed E-state index contributed by atoms with van der Waals surface area (Å²) >= 11 is 3.45. The maximum Gasteiger partial charge on any atom is 0.253 e. The summed E-state index contributed by atoms with van der Waals surface area (Å²) in [6.45, 7) is 2.38. The molecule has 1 N–H and O–H groups in total. The van der Waals surface area contributed by atoms with E-state index in [4.69, 9.17) is 0 Å². The van der Waals surface area contributed by atoms with Crippen LogP contribution in [0.2, 0.25) is 0 Å². The van der Waals surface area contributed by atoms with Gasteiger partial charge in [-0.1, -0.05) is 34.1 Å². The number of nitrogens with one attached hydrogen (secondary N) is 1. The maximum absolute atomic E-state index is 12.5. The Labute approximate surface area is 173 Å². The fourth-order valence-electron chi connectivity index (χ4n) is 3.50. The van der Waals surface area contributed by atoms with Gasteiger partial charge in [0.15, 0.2) is 0 Å². The molecule has 0 atom stereocenters. The van der Waals surface area contributed by atoms with Crippen LogP contribution in [0, 0.1) is 0 Å². The zero-order valence-electron chi connectivity index (χ0n) is 15.6. The first-order valence-corrected chi connectivity index (χ1v) is 10.4. The highest BCUT2D eigenvalue weighted by molar-refractivity contribution is 9.10. The highest BCUT2D eigenvalue weighted by Crippen LogP contribution is 2.16. The molecule has 6 heteroatoms. The number of hydrogen-bond acceptors (Lipinski definition) is 3. The molecule has 1 fully saturated rings.